The summed E-state index contributed by atoms with van der Waals surface area (Å²) in [6, 6.07) is 5.99. The number of aryl methyl sites for hydroxylation is 1. The molecule has 1 aromatic heterocycles. The van der Waals surface area contributed by atoms with Crippen molar-refractivity contribution in [2.75, 3.05) is 6.61 Å². The predicted octanol–water partition coefficient (Wildman–Crippen LogP) is 5.50. The Morgan fingerprint density at radius 3 is 2.53 bits per heavy atom. The number of benzene rings is 1. The molecule has 0 unspecified atom stereocenters. The molecule has 1 atom stereocenters. The molecule has 0 saturated heterocycles. The molecule has 1 aliphatic rings. The summed E-state index contributed by atoms with van der Waals surface area (Å²) in [6.07, 6.45) is 0.497. The van der Waals surface area contributed by atoms with Gasteiger partial charge in [0.2, 0.25) is 5.69 Å². The maximum Gasteiger partial charge on any atom is 0.340 e. The van der Waals surface area contributed by atoms with Crippen molar-refractivity contribution in [3.63, 3.8) is 0 Å². The summed E-state index contributed by atoms with van der Waals surface area (Å²) in [5.41, 5.74) is 3.55. The van der Waals surface area contributed by atoms with Crippen LogP contribution in [0.5, 0.6) is 5.75 Å². The summed E-state index contributed by atoms with van der Waals surface area (Å²) in [4.78, 5) is 13.2. The molecule has 0 amide bonds. The fourth-order valence-electron chi connectivity index (χ4n) is 3.92. The Kier molecular flexibility index (Phi) is 7.20. The zero-order chi connectivity index (χ0) is 23.8. The predicted molar refractivity (Wildman–Crippen MR) is 127 cm³/mol. The van der Waals surface area contributed by atoms with E-state index in [1.807, 2.05) is 32.9 Å². The zero-order valence-corrected chi connectivity index (χ0v) is 21.5. The molecule has 32 heavy (non-hydrogen) atoms. The number of carbonyl (C=O) groups excluding carboxylic acids is 1. The average Bonchev–Trinajstić information content (AvgIpc) is 2.71. The van der Waals surface area contributed by atoms with Gasteiger partial charge in [-0.2, -0.15) is 4.73 Å². The number of halogens is 1. The van der Waals surface area contributed by atoms with E-state index < -0.39 is 17.7 Å². The Morgan fingerprint density at radius 1 is 1.22 bits per heavy atom. The highest BCUT2D eigenvalue weighted by atomic mass is 79.9. The van der Waals surface area contributed by atoms with Crippen LogP contribution in [-0.2, 0) is 20.7 Å². The molecule has 174 valence electrons. The Bertz CT molecular complexity index is 1030. The lowest BCUT2D eigenvalue weighted by molar-refractivity contribution is -0.620. The van der Waals surface area contributed by atoms with Crippen LogP contribution < -0.4 is 9.47 Å². The van der Waals surface area contributed by atoms with Crippen molar-refractivity contribution >= 4 is 21.9 Å². The van der Waals surface area contributed by atoms with Crippen molar-refractivity contribution < 1.29 is 23.7 Å². The summed E-state index contributed by atoms with van der Waals surface area (Å²) in [5.74, 6) is 0.360. The highest BCUT2D eigenvalue weighted by molar-refractivity contribution is 9.10. The van der Waals surface area contributed by atoms with E-state index in [1.165, 1.54) is 0 Å². The van der Waals surface area contributed by atoms with Crippen molar-refractivity contribution in [3.8, 4) is 16.9 Å². The minimum atomic E-state index is -1.06. The third-order valence-corrected chi connectivity index (χ3v) is 6.27. The van der Waals surface area contributed by atoms with Gasteiger partial charge in [-0.3, -0.25) is 0 Å². The van der Waals surface area contributed by atoms with Crippen LogP contribution in [0.2, 0.25) is 0 Å². The molecule has 2 heterocycles. The number of nitrogens with zero attached hydrogens (tertiary/aromatic N) is 1. The maximum atomic E-state index is 13.2. The number of aromatic nitrogens is 1. The zero-order valence-electron chi connectivity index (χ0n) is 19.9. The quantitative estimate of drug-likeness (QED) is 0.304. The molecule has 0 fully saturated rings. The van der Waals surface area contributed by atoms with E-state index in [2.05, 4.69) is 22.0 Å². The lowest BCUT2D eigenvalue weighted by atomic mass is 9.91. The minimum absolute atomic E-state index is 0.313. The van der Waals surface area contributed by atoms with Gasteiger partial charge >= 0.3 is 5.97 Å². The van der Waals surface area contributed by atoms with Crippen LogP contribution in [0.3, 0.4) is 0 Å². The normalized spacial score (nSPS) is 14.7. The molecule has 0 saturated carbocycles. The molecular formula is C25H32BrNO5. The fraction of sp³-hybridized carbons (Fsp3) is 0.520. The van der Waals surface area contributed by atoms with Gasteiger partial charge in [0.25, 0.3) is 0 Å². The highest BCUT2D eigenvalue weighted by Crippen LogP contribution is 2.42. The largest absolute Gasteiger partial charge is 0.618 e. The summed E-state index contributed by atoms with van der Waals surface area (Å²) in [6.45, 7) is 13.4. The Morgan fingerprint density at radius 2 is 1.91 bits per heavy atom. The third kappa shape index (κ3) is 5.09. The van der Waals surface area contributed by atoms with Gasteiger partial charge in [0.1, 0.15) is 5.75 Å². The van der Waals surface area contributed by atoms with Crippen LogP contribution in [0.4, 0.5) is 0 Å². The van der Waals surface area contributed by atoms with Gasteiger partial charge in [-0.25, -0.2) is 4.79 Å². The molecule has 3 rings (SSSR count). The molecule has 0 spiro atoms. The molecule has 0 aliphatic carbocycles. The smallest absolute Gasteiger partial charge is 0.340 e. The van der Waals surface area contributed by atoms with E-state index in [-0.39, 0.29) is 6.10 Å². The minimum Gasteiger partial charge on any atom is -0.618 e. The number of hydrogen-bond donors (Lipinski definition) is 0. The SMILES string of the molecule is Cc1c(Br)c(-c2ccc3c(c2)CCCO3)c([C@H](OC(C)(C)C)C(=O)OC(C)C)c(C)[n+]1[O-]. The molecule has 7 heteroatoms. The third-order valence-electron chi connectivity index (χ3n) is 5.30. The standard InChI is InChI=1S/C25H32BrNO5/c1-14(2)31-24(28)23(32-25(5,6)7)20-15(3)27(29)16(4)22(26)21(20)18-10-11-19-17(13-18)9-8-12-30-19/h10-11,13-14,23H,8-9,12H2,1-7H3/t23-/m0/s1. The maximum absolute atomic E-state index is 13.2. The Hall–Kier alpha value is -2.12. The van der Waals surface area contributed by atoms with Crippen LogP contribution in [-0.4, -0.2) is 24.3 Å². The molecular weight excluding hydrogens is 474 g/mol. The Labute approximate surface area is 198 Å². The lowest BCUT2D eigenvalue weighted by Crippen LogP contribution is -2.39. The van der Waals surface area contributed by atoms with E-state index in [0.717, 1.165) is 40.0 Å². The topological polar surface area (TPSA) is 71.7 Å². The van der Waals surface area contributed by atoms with Crippen LogP contribution in [0.1, 0.15) is 69.7 Å². The van der Waals surface area contributed by atoms with E-state index in [4.69, 9.17) is 14.2 Å². The van der Waals surface area contributed by atoms with Gasteiger partial charge in [-0.05, 0) is 86.6 Å². The first kappa shape index (κ1) is 24.5. The van der Waals surface area contributed by atoms with E-state index in [1.54, 1.807) is 27.7 Å². The molecule has 6 nitrogen and oxygen atoms in total. The van der Waals surface area contributed by atoms with Crippen LogP contribution in [0.15, 0.2) is 22.7 Å². The fourth-order valence-corrected chi connectivity index (χ4v) is 4.53. The molecule has 1 aromatic carbocycles. The van der Waals surface area contributed by atoms with Crippen molar-refractivity contribution in [2.45, 2.75) is 79.1 Å². The van der Waals surface area contributed by atoms with Crippen molar-refractivity contribution in [1.29, 1.82) is 0 Å². The monoisotopic (exact) mass is 505 g/mol. The van der Waals surface area contributed by atoms with E-state index in [0.29, 0.717) is 28.0 Å². The van der Waals surface area contributed by atoms with Crippen LogP contribution >= 0.6 is 15.9 Å². The van der Waals surface area contributed by atoms with Gasteiger partial charge in [-0.1, -0.05) is 6.07 Å². The van der Waals surface area contributed by atoms with Crippen LogP contribution in [0.25, 0.3) is 11.1 Å². The number of carbonyl (C=O) groups is 1. The lowest BCUT2D eigenvalue weighted by Gasteiger charge is -2.29. The number of esters is 1. The molecule has 0 N–H and O–H groups in total. The van der Waals surface area contributed by atoms with Gasteiger partial charge < -0.3 is 19.4 Å². The van der Waals surface area contributed by atoms with E-state index in [9.17, 15) is 10.0 Å². The van der Waals surface area contributed by atoms with Crippen molar-refractivity contribution in [1.82, 2.24) is 0 Å². The molecule has 2 aromatic rings. The summed E-state index contributed by atoms with van der Waals surface area (Å²) in [5, 5.41) is 13.0. The van der Waals surface area contributed by atoms with E-state index >= 15 is 0 Å². The van der Waals surface area contributed by atoms with Crippen molar-refractivity contribution in [2.24, 2.45) is 0 Å². The summed E-state index contributed by atoms with van der Waals surface area (Å²) >= 11 is 3.64. The average molecular weight is 506 g/mol. The second kappa shape index (κ2) is 9.40. The number of ether oxygens (including phenoxy) is 3. The molecule has 0 bridgehead atoms. The van der Waals surface area contributed by atoms with Crippen molar-refractivity contribution in [3.05, 3.63) is 50.4 Å². The number of rotatable bonds is 5. The first-order valence-corrected chi connectivity index (χ1v) is 11.8. The number of pyridine rings is 1. The first-order valence-electron chi connectivity index (χ1n) is 11.0. The number of fused-ring (bicyclic) bond motifs is 1. The van der Waals surface area contributed by atoms with Gasteiger partial charge in [0, 0.05) is 19.4 Å². The van der Waals surface area contributed by atoms with Gasteiger partial charge in [-0.15, -0.1) is 0 Å². The van der Waals surface area contributed by atoms with Gasteiger partial charge in [0.05, 0.1) is 28.3 Å². The summed E-state index contributed by atoms with van der Waals surface area (Å²) in [7, 11) is 0. The number of hydrogen-bond acceptors (Lipinski definition) is 5. The molecule has 0 radical (unpaired) electrons. The summed E-state index contributed by atoms with van der Waals surface area (Å²) < 4.78 is 19.0. The van der Waals surface area contributed by atoms with Crippen LogP contribution in [0, 0.1) is 19.1 Å². The second-order valence-electron chi connectivity index (χ2n) is 9.44. The highest BCUT2D eigenvalue weighted by Gasteiger charge is 2.37. The van der Waals surface area contributed by atoms with Gasteiger partial charge in [0.15, 0.2) is 11.8 Å². The Balaban J connectivity index is 2.29. The first-order chi connectivity index (χ1) is 14.9. The molecule has 1 aliphatic heterocycles. The second-order valence-corrected chi connectivity index (χ2v) is 10.2.